The first kappa shape index (κ1) is 26.6. The lowest BCUT2D eigenvalue weighted by Gasteiger charge is -2.34. The molecule has 1 aromatic heterocycles. The maximum absolute atomic E-state index is 16.6. The van der Waals surface area contributed by atoms with Crippen LogP contribution in [-0.4, -0.2) is 77.6 Å². The highest BCUT2D eigenvalue weighted by molar-refractivity contribution is 6.35. The Labute approximate surface area is 242 Å². The number of piperazine rings is 1. The number of likely N-dealkylation sites (tertiary alicyclic amines) is 1. The van der Waals surface area contributed by atoms with Crippen molar-refractivity contribution in [2.45, 2.75) is 43.9 Å². The lowest BCUT2D eigenvalue weighted by atomic mass is 9.96. The number of alkyl halides is 1. The molecule has 0 amide bonds. The zero-order chi connectivity index (χ0) is 28.1. The van der Waals surface area contributed by atoms with Crippen molar-refractivity contribution in [3.05, 3.63) is 53.3 Å². The number of halogens is 3. The van der Waals surface area contributed by atoms with Crippen molar-refractivity contribution in [1.29, 1.82) is 0 Å². The molecule has 10 heteroatoms. The topological polar surface area (TPSA) is 73.8 Å². The molecule has 0 radical (unpaired) electrons. The van der Waals surface area contributed by atoms with Crippen molar-refractivity contribution < 1.29 is 18.6 Å². The predicted molar refractivity (Wildman–Crippen MR) is 157 cm³/mol. The van der Waals surface area contributed by atoms with E-state index in [4.69, 9.17) is 21.3 Å². The number of rotatable bonds is 7. The molecule has 41 heavy (non-hydrogen) atoms. The monoisotopic (exact) mass is 579 g/mol. The Morgan fingerprint density at radius 1 is 1.05 bits per heavy atom. The maximum atomic E-state index is 16.6. The smallest absolute Gasteiger partial charge is 0.319 e. The number of phenolic OH excluding ortho intramolecular Hbond substituents is 1. The van der Waals surface area contributed by atoms with E-state index in [0.717, 1.165) is 49.5 Å². The summed E-state index contributed by atoms with van der Waals surface area (Å²) in [7, 11) is 0. The van der Waals surface area contributed by atoms with Crippen LogP contribution in [0, 0.1) is 5.82 Å². The summed E-state index contributed by atoms with van der Waals surface area (Å²) < 4.78 is 37.3. The second kappa shape index (κ2) is 10.9. The molecule has 2 unspecified atom stereocenters. The van der Waals surface area contributed by atoms with E-state index in [2.05, 4.69) is 20.1 Å². The third kappa shape index (κ3) is 5.15. The van der Waals surface area contributed by atoms with E-state index >= 15 is 4.39 Å². The summed E-state index contributed by atoms with van der Waals surface area (Å²) in [6, 6.07) is 12.8. The van der Waals surface area contributed by atoms with Crippen molar-refractivity contribution in [2.24, 2.45) is 0 Å². The number of phenols is 1. The predicted octanol–water partition coefficient (Wildman–Crippen LogP) is 5.70. The number of aromatic nitrogens is 2. The number of fused-ring (bicyclic) bond motifs is 4. The van der Waals surface area contributed by atoms with Gasteiger partial charge in [-0.3, -0.25) is 0 Å². The lowest BCUT2D eigenvalue weighted by molar-refractivity contribution is 0.144. The first-order valence-electron chi connectivity index (χ1n) is 14.3. The van der Waals surface area contributed by atoms with Crippen molar-refractivity contribution in [3.63, 3.8) is 0 Å². The lowest BCUT2D eigenvalue weighted by Crippen LogP contribution is -2.51. The standard InChI is InChI=1S/C31H32ClF2N5O2/c32-26-13-25-29(28(34)27(26)24-12-22(40)11-18-5-1-2-6-23(18)24)36-31(41-17-19(33)14-38-9-3-4-10-38)37-30(25)39-15-20-7-8-21(16-39)35-20/h1-2,5-6,11-13,19-21,35,40H,3-4,7-10,14-17H2/t19-,20?,21?/m0/s1. The van der Waals surface area contributed by atoms with Crippen LogP contribution in [0.3, 0.4) is 0 Å². The van der Waals surface area contributed by atoms with Gasteiger partial charge in [0.15, 0.2) is 5.82 Å². The van der Waals surface area contributed by atoms with Gasteiger partial charge in [0.05, 0.1) is 5.02 Å². The summed E-state index contributed by atoms with van der Waals surface area (Å²) in [4.78, 5) is 13.4. The number of ether oxygens (including phenoxy) is 1. The van der Waals surface area contributed by atoms with Crippen LogP contribution in [0.15, 0.2) is 42.5 Å². The highest BCUT2D eigenvalue weighted by Gasteiger charge is 2.34. The van der Waals surface area contributed by atoms with E-state index in [9.17, 15) is 9.50 Å². The van der Waals surface area contributed by atoms with Crippen LogP contribution in [-0.2, 0) is 0 Å². The minimum atomic E-state index is -1.21. The minimum absolute atomic E-state index is 0.00458. The largest absolute Gasteiger partial charge is 0.508 e. The van der Waals surface area contributed by atoms with Crippen LogP contribution in [0.4, 0.5) is 14.6 Å². The summed E-state index contributed by atoms with van der Waals surface area (Å²) in [6.45, 7) is 3.28. The molecule has 0 spiro atoms. The normalized spacial score (nSPS) is 21.7. The van der Waals surface area contributed by atoms with Gasteiger partial charge in [0.2, 0.25) is 0 Å². The van der Waals surface area contributed by atoms with E-state index < -0.39 is 12.0 Å². The number of hydrogen-bond acceptors (Lipinski definition) is 7. The summed E-state index contributed by atoms with van der Waals surface area (Å²) in [6.07, 6.45) is 3.08. The van der Waals surface area contributed by atoms with Crippen molar-refractivity contribution in [3.8, 4) is 22.9 Å². The molecular weight excluding hydrogens is 548 g/mol. The summed E-state index contributed by atoms with van der Waals surface area (Å²) in [5.74, 6) is -0.0971. The van der Waals surface area contributed by atoms with Crippen molar-refractivity contribution in [1.82, 2.24) is 20.2 Å². The highest BCUT2D eigenvalue weighted by Crippen LogP contribution is 2.42. The number of hydrogen-bond donors (Lipinski definition) is 2. The summed E-state index contributed by atoms with van der Waals surface area (Å²) in [5.41, 5.74) is 0.652. The molecule has 2 N–H and O–H groups in total. The summed E-state index contributed by atoms with van der Waals surface area (Å²) in [5, 5.41) is 16.2. The number of nitrogens with one attached hydrogen (secondary N) is 1. The minimum Gasteiger partial charge on any atom is -0.508 e. The average Bonchev–Trinajstić information content (AvgIpc) is 3.60. The fourth-order valence-corrected chi connectivity index (χ4v) is 6.94. The fourth-order valence-electron chi connectivity index (χ4n) is 6.65. The van der Waals surface area contributed by atoms with Crippen molar-refractivity contribution in [2.75, 3.05) is 44.2 Å². The van der Waals surface area contributed by atoms with Gasteiger partial charge in [0, 0.05) is 42.7 Å². The van der Waals surface area contributed by atoms with E-state index in [1.165, 1.54) is 6.07 Å². The van der Waals surface area contributed by atoms with Gasteiger partial charge in [-0.1, -0.05) is 35.9 Å². The Balaban J connectivity index is 1.32. The fraction of sp³-hybridized carbons (Fsp3) is 0.419. The van der Waals surface area contributed by atoms with Gasteiger partial charge in [0.1, 0.15) is 29.9 Å². The Morgan fingerprint density at radius 2 is 1.80 bits per heavy atom. The number of aromatic hydroxyl groups is 1. The maximum Gasteiger partial charge on any atom is 0.319 e. The number of nitrogens with zero attached hydrogens (tertiary/aromatic N) is 4. The SMILES string of the molecule is Oc1cc(-c2c(Cl)cc3c(N4CC5CCC(C4)N5)nc(OC[C@@H](F)CN4CCCC4)nc3c2F)c2ccccc2c1. The first-order valence-corrected chi connectivity index (χ1v) is 14.7. The Morgan fingerprint density at radius 3 is 2.59 bits per heavy atom. The van der Waals surface area contributed by atoms with Crippen LogP contribution in [0.2, 0.25) is 5.02 Å². The average molecular weight is 580 g/mol. The molecule has 214 valence electrons. The molecule has 2 bridgehead atoms. The van der Waals surface area contributed by atoms with Gasteiger partial charge in [-0.05, 0) is 73.3 Å². The third-order valence-corrected chi connectivity index (χ3v) is 8.82. The van der Waals surface area contributed by atoms with Crippen LogP contribution < -0.4 is 15.0 Å². The van der Waals surface area contributed by atoms with E-state index in [-0.39, 0.29) is 34.5 Å². The molecule has 3 atom stereocenters. The molecule has 4 heterocycles. The number of benzene rings is 3. The zero-order valence-corrected chi connectivity index (χ0v) is 23.4. The van der Waals surface area contributed by atoms with Crippen LogP contribution >= 0.6 is 11.6 Å². The molecule has 7 rings (SSSR count). The first-order chi connectivity index (χ1) is 19.9. The number of anilines is 1. The van der Waals surface area contributed by atoms with Crippen molar-refractivity contribution >= 4 is 39.1 Å². The van der Waals surface area contributed by atoms with Crippen LogP contribution in [0.5, 0.6) is 11.8 Å². The summed E-state index contributed by atoms with van der Waals surface area (Å²) >= 11 is 6.81. The van der Waals surface area contributed by atoms with Gasteiger partial charge in [-0.2, -0.15) is 9.97 Å². The molecular formula is C31H32ClF2N5O2. The Hall–Kier alpha value is -3.27. The molecule has 4 aromatic rings. The molecule has 7 nitrogen and oxygen atoms in total. The molecule has 0 saturated carbocycles. The highest BCUT2D eigenvalue weighted by atomic mass is 35.5. The van der Waals surface area contributed by atoms with E-state index in [1.54, 1.807) is 12.1 Å². The second-order valence-corrected chi connectivity index (χ2v) is 11.9. The zero-order valence-electron chi connectivity index (χ0n) is 22.6. The van der Waals surface area contributed by atoms with Gasteiger partial charge in [0.25, 0.3) is 0 Å². The second-order valence-electron chi connectivity index (χ2n) is 11.4. The van der Waals surface area contributed by atoms with Gasteiger partial charge in [-0.25, -0.2) is 8.78 Å². The van der Waals surface area contributed by atoms with Crippen LogP contribution in [0.1, 0.15) is 25.7 Å². The van der Waals surface area contributed by atoms with Gasteiger partial charge >= 0.3 is 6.01 Å². The third-order valence-electron chi connectivity index (χ3n) is 8.52. The Bertz CT molecular complexity index is 1600. The molecule has 3 fully saturated rings. The molecule has 3 aromatic carbocycles. The molecule has 3 aliphatic rings. The van der Waals surface area contributed by atoms with E-state index in [1.807, 2.05) is 24.3 Å². The molecule has 3 aliphatic heterocycles. The van der Waals surface area contributed by atoms with E-state index in [0.29, 0.717) is 48.5 Å². The molecule has 0 aliphatic carbocycles. The van der Waals surface area contributed by atoms with Gasteiger partial charge < -0.3 is 25.0 Å². The van der Waals surface area contributed by atoms with Gasteiger partial charge in [-0.15, -0.1) is 0 Å². The molecule has 3 saturated heterocycles. The van der Waals surface area contributed by atoms with Crippen LogP contribution in [0.25, 0.3) is 32.8 Å². The quantitative estimate of drug-likeness (QED) is 0.291. The Kier molecular flexibility index (Phi) is 7.05.